The molecule has 84 valence electrons. The smallest absolute Gasteiger partial charge is 0.127 e. The molecule has 0 heterocycles. The Morgan fingerprint density at radius 2 is 2.07 bits per heavy atom. The summed E-state index contributed by atoms with van der Waals surface area (Å²) in [6.45, 7) is 3.93. The molecule has 3 heteroatoms. The Kier molecular flexibility index (Phi) is 4.72. The Bertz CT molecular complexity index is 303. The summed E-state index contributed by atoms with van der Waals surface area (Å²) in [5.41, 5.74) is 0.667. The van der Waals surface area contributed by atoms with Crippen LogP contribution in [0.4, 0.5) is 4.39 Å². The molecule has 1 rings (SSSR count). The van der Waals surface area contributed by atoms with E-state index in [2.05, 4.69) is 5.32 Å². The number of aliphatic hydroxyl groups excluding tert-OH is 1. The lowest BCUT2D eigenvalue weighted by Gasteiger charge is -2.21. The fourth-order valence-corrected chi connectivity index (χ4v) is 1.58. The first kappa shape index (κ1) is 12.1. The third kappa shape index (κ3) is 3.29. The second-order valence-corrected chi connectivity index (χ2v) is 3.73. The molecule has 1 aromatic carbocycles. The van der Waals surface area contributed by atoms with E-state index >= 15 is 0 Å². The zero-order valence-corrected chi connectivity index (χ0v) is 9.20. The average molecular weight is 211 g/mol. The summed E-state index contributed by atoms with van der Waals surface area (Å²) in [5, 5.41) is 12.1. The summed E-state index contributed by atoms with van der Waals surface area (Å²) < 4.78 is 13.5. The average Bonchev–Trinajstić information content (AvgIpc) is 2.26. The Balaban J connectivity index is 2.78. The predicted molar refractivity (Wildman–Crippen MR) is 59.1 cm³/mol. The van der Waals surface area contributed by atoms with Crippen LogP contribution in [0, 0.1) is 5.82 Å². The maximum atomic E-state index is 13.5. The van der Waals surface area contributed by atoms with Gasteiger partial charge in [0, 0.05) is 17.6 Å². The molecule has 0 spiro atoms. The van der Waals surface area contributed by atoms with Gasteiger partial charge in [0.2, 0.25) is 0 Å². The Hall–Kier alpha value is -0.930. The largest absolute Gasteiger partial charge is 0.395 e. The molecule has 2 unspecified atom stereocenters. The minimum Gasteiger partial charge on any atom is -0.395 e. The fourth-order valence-electron chi connectivity index (χ4n) is 1.58. The van der Waals surface area contributed by atoms with E-state index in [1.807, 2.05) is 19.9 Å². The Morgan fingerprint density at radius 1 is 1.40 bits per heavy atom. The van der Waals surface area contributed by atoms with Crippen molar-refractivity contribution in [3.63, 3.8) is 0 Å². The van der Waals surface area contributed by atoms with Gasteiger partial charge in [-0.3, -0.25) is 0 Å². The van der Waals surface area contributed by atoms with Gasteiger partial charge in [-0.15, -0.1) is 0 Å². The van der Waals surface area contributed by atoms with Crippen LogP contribution >= 0.6 is 0 Å². The standard InChI is InChI=1S/C12H18FNO/c1-3-12(14-9(2)8-15)10-6-4-5-7-11(10)13/h4-7,9,12,14-15H,3,8H2,1-2H3. The minimum atomic E-state index is -0.193. The SMILES string of the molecule is CCC(NC(C)CO)c1ccccc1F. The number of benzene rings is 1. The van der Waals surface area contributed by atoms with Crippen molar-refractivity contribution in [2.75, 3.05) is 6.61 Å². The molecule has 2 nitrogen and oxygen atoms in total. The molecule has 0 amide bonds. The van der Waals surface area contributed by atoms with E-state index < -0.39 is 0 Å². The van der Waals surface area contributed by atoms with Crippen LogP contribution in [0.25, 0.3) is 0 Å². The molecule has 2 atom stereocenters. The monoisotopic (exact) mass is 211 g/mol. The second kappa shape index (κ2) is 5.83. The van der Waals surface area contributed by atoms with Gasteiger partial charge in [-0.1, -0.05) is 25.1 Å². The molecule has 0 radical (unpaired) electrons. The van der Waals surface area contributed by atoms with Crippen molar-refractivity contribution in [1.29, 1.82) is 0 Å². The van der Waals surface area contributed by atoms with Gasteiger partial charge in [-0.2, -0.15) is 0 Å². The molecular formula is C12H18FNO. The molecule has 0 aliphatic heterocycles. The van der Waals surface area contributed by atoms with Gasteiger partial charge >= 0.3 is 0 Å². The first-order valence-corrected chi connectivity index (χ1v) is 5.30. The predicted octanol–water partition coefficient (Wildman–Crippen LogP) is 2.25. The molecule has 1 aromatic rings. The molecule has 0 bridgehead atoms. The summed E-state index contributed by atoms with van der Waals surface area (Å²) >= 11 is 0. The van der Waals surface area contributed by atoms with E-state index in [1.54, 1.807) is 12.1 Å². The summed E-state index contributed by atoms with van der Waals surface area (Å²) in [4.78, 5) is 0. The van der Waals surface area contributed by atoms with E-state index in [4.69, 9.17) is 5.11 Å². The van der Waals surface area contributed by atoms with Gasteiger partial charge in [0.25, 0.3) is 0 Å². The van der Waals surface area contributed by atoms with Crippen LogP contribution in [0.15, 0.2) is 24.3 Å². The third-order valence-corrected chi connectivity index (χ3v) is 2.45. The van der Waals surface area contributed by atoms with Crippen LogP contribution < -0.4 is 5.32 Å². The molecule has 2 N–H and O–H groups in total. The highest BCUT2D eigenvalue weighted by Gasteiger charge is 2.14. The van der Waals surface area contributed by atoms with Gasteiger partial charge in [0.15, 0.2) is 0 Å². The highest BCUT2D eigenvalue weighted by atomic mass is 19.1. The number of rotatable bonds is 5. The quantitative estimate of drug-likeness (QED) is 0.783. The van der Waals surface area contributed by atoms with Crippen LogP contribution in [-0.2, 0) is 0 Å². The van der Waals surface area contributed by atoms with Crippen LogP contribution in [0.3, 0.4) is 0 Å². The van der Waals surface area contributed by atoms with Crippen molar-refractivity contribution in [2.24, 2.45) is 0 Å². The van der Waals surface area contributed by atoms with E-state index in [-0.39, 0.29) is 24.5 Å². The summed E-state index contributed by atoms with van der Waals surface area (Å²) in [6, 6.07) is 6.69. The van der Waals surface area contributed by atoms with Crippen LogP contribution in [0.5, 0.6) is 0 Å². The van der Waals surface area contributed by atoms with Gasteiger partial charge in [0.05, 0.1) is 6.61 Å². The topological polar surface area (TPSA) is 32.3 Å². The normalized spacial score (nSPS) is 14.9. The van der Waals surface area contributed by atoms with E-state index in [1.165, 1.54) is 6.07 Å². The number of hydrogen-bond acceptors (Lipinski definition) is 2. The molecule has 0 aliphatic carbocycles. The Labute approximate surface area is 90.1 Å². The molecule has 0 saturated carbocycles. The molecular weight excluding hydrogens is 193 g/mol. The van der Waals surface area contributed by atoms with Crippen molar-refractivity contribution in [3.05, 3.63) is 35.6 Å². The lowest BCUT2D eigenvalue weighted by molar-refractivity contribution is 0.238. The molecule has 0 aromatic heterocycles. The number of halogens is 1. The van der Waals surface area contributed by atoms with Gasteiger partial charge in [-0.05, 0) is 19.4 Å². The van der Waals surface area contributed by atoms with Gasteiger partial charge in [0.1, 0.15) is 5.82 Å². The molecule has 0 aliphatic rings. The molecule has 15 heavy (non-hydrogen) atoms. The van der Waals surface area contributed by atoms with E-state index in [0.29, 0.717) is 5.56 Å². The van der Waals surface area contributed by atoms with E-state index in [9.17, 15) is 4.39 Å². The number of nitrogens with one attached hydrogen (secondary N) is 1. The molecule has 0 fully saturated rings. The summed E-state index contributed by atoms with van der Waals surface area (Å²) in [6.07, 6.45) is 0.797. The summed E-state index contributed by atoms with van der Waals surface area (Å²) in [7, 11) is 0. The first-order valence-electron chi connectivity index (χ1n) is 5.30. The van der Waals surface area contributed by atoms with Gasteiger partial charge < -0.3 is 10.4 Å². The highest BCUT2D eigenvalue weighted by molar-refractivity contribution is 5.21. The van der Waals surface area contributed by atoms with Crippen LogP contribution in [0.2, 0.25) is 0 Å². The van der Waals surface area contributed by atoms with E-state index in [0.717, 1.165) is 6.42 Å². The molecule has 0 saturated heterocycles. The second-order valence-electron chi connectivity index (χ2n) is 3.73. The maximum Gasteiger partial charge on any atom is 0.127 e. The maximum absolute atomic E-state index is 13.5. The van der Waals surface area contributed by atoms with Crippen molar-refractivity contribution in [1.82, 2.24) is 5.32 Å². The highest BCUT2D eigenvalue weighted by Crippen LogP contribution is 2.20. The lowest BCUT2D eigenvalue weighted by Crippen LogP contribution is -2.33. The number of aliphatic hydroxyl groups is 1. The lowest BCUT2D eigenvalue weighted by atomic mass is 10.0. The van der Waals surface area contributed by atoms with Crippen molar-refractivity contribution >= 4 is 0 Å². The number of hydrogen-bond donors (Lipinski definition) is 2. The Morgan fingerprint density at radius 3 is 2.60 bits per heavy atom. The van der Waals surface area contributed by atoms with Gasteiger partial charge in [-0.25, -0.2) is 4.39 Å². The van der Waals surface area contributed by atoms with Crippen molar-refractivity contribution < 1.29 is 9.50 Å². The third-order valence-electron chi connectivity index (χ3n) is 2.45. The first-order chi connectivity index (χ1) is 7.19. The minimum absolute atomic E-state index is 0.0189. The van der Waals surface area contributed by atoms with Crippen molar-refractivity contribution in [2.45, 2.75) is 32.4 Å². The summed E-state index contributed by atoms with van der Waals surface area (Å²) in [5.74, 6) is -0.193. The fraction of sp³-hybridized carbons (Fsp3) is 0.500. The van der Waals surface area contributed by atoms with Crippen LogP contribution in [0.1, 0.15) is 31.9 Å². The zero-order chi connectivity index (χ0) is 11.3. The van der Waals surface area contributed by atoms with Crippen molar-refractivity contribution in [3.8, 4) is 0 Å². The van der Waals surface area contributed by atoms with Crippen LogP contribution in [-0.4, -0.2) is 17.8 Å². The zero-order valence-electron chi connectivity index (χ0n) is 9.20.